The second kappa shape index (κ2) is 4.43. The second-order valence-corrected chi connectivity index (χ2v) is 6.24. The van der Waals surface area contributed by atoms with Crippen LogP contribution >= 0.6 is 15.9 Å². The van der Waals surface area contributed by atoms with Crippen molar-refractivity contribution in [2.75, 3.05) is 0 Å². The predicted octanol–water partition coefficient (Wildman–Crippen LogP) is 4.36. The summed E-state index contributed by atoms with van der Waals surface area (Å²) >= 11 is 3.61. The number of hydrogen-bond donors (Lipinski definition) is 1. The van der Waals surface area contributed by atoms with E-state index >= 15 is 0 Å². The van der Waals surface area contributed by atoms with E-state index in [1.165, 1.54) is 21.9 Å². The molecule has 0 unspecified atom stereocenters. The van der Waals surface area contributed by atoms with Crippen molar-refractivity contribution in [1.82, 2.24) is 0 Å². The van der Waals surface area contributed by atoms with Gasteiger partial charge in [0.2, 0.25) is 0 Å². The van der Waals surface area contributed by atoms with E-state index in [1.54, 1.807) is 0 Å². The van der Waals surface area contributed by atoms with Crippen molar-refractivity contribution >= 4 is 26.7 Å². The Hall–Kier alpha value is -0.860. The molecule has 0 aliphatic rings. The Balaban J connectivity index is 2.89. The van der Waals surface area contributed by atoms with Crippen molar-refractivity contribution < 1.29 is 0 Å². The molecule has 0 aromatic heterocycles. The van der Waals surface area contributed by atoms with Crippen molar-refractivity contribution in [3.8, 4) is 0 Å². The van der Waals surface area contributed by atoms with Gasteiger partial charge in [-0.1, -0.05) is 61.0 Å². The van der Waals surface area contributed by atoms with E-state index in [2.05, 4.69) is 67.0 Å². The molecule has 0 atom stereocenters. The van der Waals surface area contributed by atoms with Crippen molar-refractivity contribution in [1.29, 1.82) is 0 Å². The van der Waals surface area contributed by atoms with Gasteiger partial charge in [0.1, 0.15) is 0 Å². The van der Waals surface area contributed by atoms with Crippen LogP contribution in [0.1, 0.15) is 31.9 Å². The number of rotatable bonds is 1. The molecule has 0 heterocycles. The summed E-state index contributed by atoms with van der Waals surface area (Å²) in [5.74, 6) is 0. The first-order valence-electron chi connectivity index (χ1n) is 5.86. The number of fused-ring (bicyclic) bond motifs is 1. The Morgan fingerprint density at radius 1 is 1.06 bits per heavy atom. The Labute approximate surface area is 111 Å². The summed E-state index contributed by atoms with van der Waals surface area (Å²) in [5, 5.41) is 2.56. The molecule has 90 valence electrons. The van der Waals surface area contributed by atoms with Gasteiger partial charge in [0.05, 0.1) is 0 Å². The molecule has 0 radical (unpaired) electrons. The maximum Gasteiger partial charge on any atom is 0.0253 e. The summed E-state index contributed by atoms with van der Waals surface area (Å²) < 4.78 is 1.14. The number of halogens is 1. The molecule has 2 heteroatoms. The minimum atomic E-state index is 0.106. The minimum Gasteiger partial charge on any atom is -0.326 e. The highest BCUT2D eigenvalue weighted by Gasteiger charge is 2.20. The van der Waals surface area contributed by atoms with Crippen LogP contribution in [0.5, 0.6) is 0 Å². The van der Waals surface area contributed by atoms with Gasteiger partial charge in [0.25, 0.3) is 0 Å². The lowest BCUT2D eigenvalue weighted by atomic mass is 9.80. The molecule has 0 bridgehead atoms. The van der Waals surface area contributed by atoms with E-state index in [9.17, 15) is 0 Å². The van der Waals surface area contributed by atoms with Gasteiger partial charge in [-0.05, 0) is 33.4 Å². The van der Waals surface area contributed by atoms with Crippen molar-refractivity contribution in [3.63, 3.8) is 0 Å². The van der Waals surface area contributed by atoms with Crippen LogP contribution in [0.3, 0.4) is 0 Å². The monoisotopic (exact) mass is 291 g/mol. The van der Waals surface area contributed by atoms with Gasteiger partial charge in [0.15, 0.2) is 0 Å². The van der Waals surface area contributed by atoms with Crippen LogP contribution in [0.4, 0.5) is 0 Å². The number of hydrogen-bond acceptors (Lipinski definition) is 1. The fraction of sp³-hybridized carbons (Fsp3) is 0.333. The molecule has 0 saturated carbocycles. The molecule has 2 N–H and O–H groups in total. The Bertz CT molecular complexity index is 553. The Morgan fingerprint density at radius 2 is 1.76 bits per heavy atom. The van der Waals surface area contributed by atoms with E-state index < -0.39 is 0 Å². The van der Waals surface area contributed by atoms with Gasteiger partial charge in [-0.15, -0.1) is 0 Å². The van der Waals surface area contributed by atoms with E-state index in [-0.39, 0.29) is 5.41 Å². The number of benzene rings is 2. The lowest BCUT2D eigenvalue weighted by molar-refractivity contribution is 0.588. The summed E-state index contributed by atoms with van der Waals surface area (Å²) in [6.45, 7) is 7.31. The average molecular weight is 292 g/mol. The minimum absolute atomic E-state index is 0.106. The normalized spacial score (nSPS) is 12.1. The van der Waals surface area contributed by atoms with E-state index in [0.29, 0.717) is 6.54 Å². The predicted molar refractivity (Wildman–Crippen MR) is 78.2 cm³/mol. The van der Waals surface area contributed by atoms with Crippen LogP contribution in [0, 0.1) is 0 Å². The molecule has 0 spiro atoms. The van der Waals surface area contributed by atoms with Crippen molar-refractivity contribution in [3.05, 3.63) is 45.9 Å². The molecule has 2 aromatic rings. The smallest absolute Gasteiger partial charge is 0.0253 e. The topological polar surface area (TPSA) is 26.0 Å². The fourth-order valence-electron chi connectivity index (χ4n) is 2.42. The highest BCUT2D eigenvalue weighted by Crippen LogP contribution is 2.35. The summed E-state index contributed by atoms with van der Waals surface area (Å²) in [4.78, 5) is 0. The van der Waals surface area contributed by atoms with Gasteiger partial charge < -0.3 is 5.73 Å². The first kappa shape index (κ1) is 12.6. The molecule has 0 saturated heterocycles. The zero-order chi connectivity index (χ0) is 12.6. The largest absolute Gasteiger partial charge is 0.326 e. The summed E-state index contributed by atoms with van der Waals surface area (Å²) in [6.07, 6.45) is 0. The lowest BCUT2D eigenvalue weighted by Crippen LogP contribution is -2.16. The van der Waals surface area contributed by atoms with Crippen LogP contribution in [-0.4, -0.2) is 0 Å². The first-order valence-corrected chi connectivity index (χ1v) is 6.65. The van der Waals surface area contributed by atoms with E-state index in [1.807, 2.05) is 0 Å². The number of nitrogens with two attached hydrogens (primary N) is 1. The first-order chi connectivity index (χ1) is 7.95. The highest BCUT2D eigenvalue weighted by atomic mass is 79.9. The zero-order valence-electron chi connectivity index (χ0n) is 10.5. The SMILES string of the molecule is CC(C)(C)c1c(CN)ccc2c(Br)cccc12. The quantitative estimate of drug-likeness (QED) is 0.830. The van der Waals surface area contributed by atoms with Gasteiger partial charge in [-0.2, -0.15) is 0 Å². The van der Waals surface area contributed by atoms with Crippen LogP contribution in [0.25, 0.3) is 10.8 Å². The molecule has 0 fully saturated rings. The molecule has 17 heavy (non-hydrogen) atoms. The molecule has 0 amide bonds. The molecule has 2 aromatic carbocycles. The maximum atomic E-state index is 5.86. The molecule has 1 nitrogen and oxygen atoms in total. The summed E-state index contributed by atoms with van der Waals surface area (Å²) in [6, 6.07) is 10.6. The van der Waals surface area contributed by atoms with Gasteiger partial charge in [-0.25, -0.2) is 0 Å². The molecule has 0 aliphatic heterocycles. The third-order valence-electron chi connectivity index (χ3n) is 3.06. The standard InChI is InChI=1S/C15H18BrN/c1-15(2,3)14-10(9-17)7-8-11-12(14)5-4-6-13(11)16/h4-8H,9,17H2,1-3H3. The third-order valence-corrected chi connectivity index (χ3v) is 3.76. The van der Waals surface area contributed by atoms with Crippen LogP contribution < -0.4 is 5.73 Å². The average Bonchev–Trinajstić information content (AvgIpc) is 2.26. The summed E-state index contributed by atoms with van der Waals surface area (Å²) in [5.41, 5.74) is 8.57. The lowest BCUT2D eigenvalue weighted by Gasteiger charge is -2.25. The molecule has 2 rings (SSSR count). The van der Waals surface area contributed by atoms with Crippen LogP contribution in [0.2, 0.25) is 0 Å². The fourth-order valence-corrected chi connectivity index (χ4v) is 2.92. The van der Waals surface area contributed by atoms with E-state index in [4.69, 9.17) is 5.73 Å². The van der Waals surface area contributed by atoms with Crippen LogP contribution in [0.15, 0.2) is 34.8 Å². The highest BCUT2D eigenvalue weighted by molar-refractivity contribution is 9.10. The second-order valence-electron chi connectivity index (χ2n) is 5.39. The van der Waals surface area contributed by atoms with Gasteiger partial charge >= 0.3 is 0 Å². The maximum absolute atomic E-state index is 5.86. The van der Waals surface area contributed by atoms with Crippen LogP contribution in [-0.2, 0) is 12.0 Å². The van der Waals surface area contributed by atoms with Crippen molar-refractivity contribution in [2.45, 2.75) is 32.7 Å². The molecular formula is C15H18BrN. The van der Waals surface area contributed by atoms with Crippen molar-refractivity contribution in [2.24, 2.45) is 5.73 Å². The Morgan fingerprint density at radius 3 is 2.35 bits per heavy atom. The van der Waals surface area contributed by atoms with Gasteiger partial charge in [-0.3, -0.25) is 0 Å². The zero-order valence-corrected chi connectivity index (χ0v) is 12.1. The summed E-state index contributed by atoms with van der Waals surface area (Å²) in [7, 11) is 0. The van der Waals surface area contributed by atoms with E-state index in [0.717, 1.165) is 4.47 Å². The molecule has 0 aliphatic carbocycles. The third kappa shape index (κ3) is 2.24. The Kier molecular flexibility index (Phi) is 3.28. The molecular weight excluding hydrogens is 274 g/mol. The van der Waals surface area contributed by atoms with Gasteiger partial charge in [0, 0.05) is 11.0 Å².